The lowest BCUT2D eigenvalue weighted by Gasteiger charge is -2.30. The van der Waals surface area contributed by atoms with E-state index in [1.165, 1.54) is 11.1 Å². The lowest BCUT2D eigenvalue weighted by atomic mass is 10.0. The summed E-state index contributed by atoms with van der Waals surface area (Å²) in [5.74, 6) is 0.392. The summed E-state index contributed by atoms with van der Waals surface area (Å²) in [7, 11) is 2.27. The normalized spacial score (nSPS) is 25.2. The van der Waals surface area contributed by atoms with E-state index >= 15 is 0 Å². The Bertz CT molecular complexity index is 639. The quantitative estimate of drug-likeness (QED) is 0.414. The fraction of sp³-hybridized carbons (Fsp3) is 0.545. The second-order valence-corrected chi connectivity index (χ2v) is 7.83. The van der Waals surface area contributed by atoms with Crippen LogP contribution in [0.5, 0.6) is 0 Å². The summed E-state index contributed by atoms with van der Waals surface area (Å²) in [6.07, 6.45) is 6.49. The van der Waals surface area contributed by atoms with Crippen LogP contribution in [-0.4, -0.2) is 48.8 Å². The van der Waals surface area contributed by atoms with Crippen molar-refractivity contribution in [3.05, 3.63) is 53.6 Å². The van der Waals surface area contributed by atoms with Gasteiger partial charge in [-0.2, -0.15) is 0 Å². The molecule has 0 saturated carbocycles. The first-order chi connectivity index (χ1) is 12.4. The van der Waals surface area contributed by atoms with Crippen LogP contribution in [0.2, 0.25) is 0 Å². The highest BCUT2D eigenvalue weighted by Gasteiger charge is 2.36. The molecule has 2 N–H and O–H groups in total. The summed E-state index contributed by atoms with van der Waals surface area (Å²) in [5, 5.41) is 13.5. The van der Waals surface area contributed by atoms with Gasteiger partial charge in [-0.05, 0) is 31.4 Å². The van der Waals surface area contributed by atoms with E-state index in [1.54, 1.807) is 0 Å². The van der Waals surface area contributed by atoms with E-state index in [0.717, 1.165) is 36.2 Å². The lowest BCUT2D eigenvalue weighted by Crippen LogP contribution is -2.44. The van der Waals surface area contributed by atoms with E-state index in [-0.39, 0.29) is 6.10 Å². The number of quaternary nitrogens is 1. The maximum atomic E-state index is 10.4. The lowest BCUT2D eigenvalue weighted by molar-refractivity contribution is -0.894. The van der Waals surface area contributed by atoms with Gasteiger partial charge < -0.3 is 19.6 Å². The molecule has 2 rings (SSSR count). The largest absolute Gasteiger partial charge is 0.351 e. The van der Waals surface area contributed by atoms with Gasteiger partial charge >= 0.3 is 0 Å². The van der Waals surface area contributed by atoms with Gasteiger partial charge in [-0.25, -0.2) is 0 Å². The van der Waals surface area contributed by atoms with E-state index in [2.05, 4.69) is 64.4 Å². The van der Waals surface area contributed by atoms with Crippen molar-refractivity contribution >= 4 is 5.69 Å². The van der Waals surface area contributed by atoms with Crippen molar-refractivity contribution in [2.24, 2.45) is 0 Å². The Morgan fingerprint density at radius 2 is 2.08 bits per heavy atom. The summed E-state index contributed by atoms with van der Waals surface area (Å²) in [6, 6.07) is 8.08. The number of hydrogen-bond donors (Lipinski definition) is 2. The molecule has 1 saturated heterocycles. The second-order valence-electron chi connectivity index (χ2n) is 7.83. The predicted molar refractivity (Wildman–Crippen MR) is 109 cm³/mol. The van der Waals surface area contributed by atoms with E-state index in [0.29, 0.717) is 5.92 Å². The van der Waals surface area contributed by atoms with Crippen molar-refractivity contribution in [3.63, 3.8) is 0 Å². The fourth-order valence-electron chi connectivity index (χ4n) is 3.76. The number of benzene rings is 1. The van der Waals surface area contributed by atoms with Crippen LogP contribution in [0.4, 0.5) is 5.69 Å². The third-order valence-corrected chi connectivity index (χ3v) is 5.13. The number of rotatable bonds is 8. The molecule has 0 bridgehead atoms. The van der Waals surface area contributed by atoms with E-state index < -0.39 is 6.41 Å². The predicted octanol–water partition coefficient (Wildman–Crippen LogP) is 4.26. The van der Waals surface area contributed by atoms with E-state index in [4.69, 9.17) is 4.74 Å². The van der Waals surface area contributed by atoms with Crippen molar-refractivity contribution in [1.82, 2.24) is 0 Å². The van der Waals surface area contributed by atoms with Crippen LogP contribution in [0, 0.1) is 0 Å². The minimum atomic E-state index is -0.983. The third kappa shape index (κ3) is 5.70. The Balaban J connectivity index is 1.92. The smallest absolute Gasteiger partial charge is 0.235 e. The molecule has 1 aliphatic rings. The number of aliphatic hydroxyl groups is 1. The van der Waals surface area contributed by atoms with Gasteiger partial charge in [0.2, 0.25) is 6.41 Å². The molecule has 0 spiro atoms. The van der Waals surface area contributed by atoms with Crippen molar-refractivity contribution in [1.29, 1.82) is 0 Å². The number of nitrogens with zero attached hydrogens (tertiary/aromatic N) is 1. The molecule has 26 heavy (non-hydrogen) atoms. The van der Waals surface area contributed by atoms with Crippen molar-refractivity contribution in [3.8, 4) is 0 Å². The maximum Gasteiger partial charge on any atom is 0.235 e. The van der Waals surface area contributed by atoms with Crippen LogP contribution in [0.3, 0.4) is 0 Å². The molecule has 3 atom stereocenters. The van der Waals surface area contributed by atoms with Crippen molar-refractivity contribution in [2.45, 2.75) is 52.6 Å². The molecule has 1 aromatic carbocycles. The van der Waals surface area contributed by atoms with Gasteiger partial charge in [0.15, 0.2) is 0 Å². The van der Waals surface area contributed by atoms with Gasteiger partial charge in [-0.1, -0.05) is 50.3 Å². The molecule has 1 heterocycles. The van der Waals surface area contributed by atoms with E-state index in [1.807, 2.05) is 18.2 Å². The molecule has 0 amide bonds. The number of ether oxygens (including phenoxy) is 1. The number of likely N-dealkylation sites (tertiary alicyclic amines) is 1. The summed E-state index contributed by atoms with van der Waals surface area (Å²) in [5.41, 5.74) is 3.47. The zero-order valence-corrected chi connectivity index (χ0v) is 16.9. The Kier molecular flexibility index (Phi) is 7.44. The average Bonchev–Trinajstić information content (AvgIpc) is 2.95. The molecule has 1 fully saturated rings. The highest BCUT2D eigenvalue weighted by Crippen LogP contribution is 2.26. The van der Waals surface area contributed by atoms with Crippen LogP contribution < -0.4 is 5.32 Å². The Morgan fingerprint density at radius 3 is 2.73 bits per heavy atom. The van der Waals surface area contributed by atoms with Crippen LogP contribution >= 0.6 is 0 Å². The molecule has 0 aromatic heterocycles. The van der Waals surface area contributed by atoms with E-state index in [9.17, 15) is 5.11 Å². The van der Waals surface area contributed by atoms with Crippen LogP contribution in [0.15, 0.2) is 48.1 Å². The topological polar surface area (TPSA) is 41.5 Å². The van der Waals surface area contributed by atoms with Crippen molar-refractivity contribution < 1.29 is 14.3 Å². The number of anilines is 1. The zero-order chi connectivity index (χ0) is 19.2. The number of likely N-dealkylation sites (N-methyl/N-ethyl adjacent to an activating group) is 1. The molecular formula is C22H35N2O2+. The molecule has 3 unspecified atom stereocenters. The molecule has 0 radical (unpaired) electrons. The van der Waals surface area contributed by atoms with Gasteiger partial charge in [0.05, 0.1) is 13.6 Å². The highest BCUT2D eigenvalue weighted by atomic mass is 16.6. The Labute approximate surface area is 158 Å². The monoisotopic (exact) mass is 359 g/mol. The average molecular weight is 360 g/mol. The number of hydrogen-bond acceptors (Lipinski definition) is 3. The summed E-state index contributed by atoms with van der Waals surface area (Å²) < 4.78 is 6.86. The zero-order valence-electron chi connectivity index (χ0n) is 16.9. The number of allylic oxidation sites excluding steroid dienone is 2. The fourth-order valence-corrected chi connectivity index (χ4v) is 3.76. The molecule has 4 heteroatoms. The van der Waals surface area contributed by atoms with Gasteiger partial charge in [-0.3, -0.25) is 0 Å². The first-order valence-electron chi connectivity index (χ1n) is 9.67. The molecular weight excluding hydrogens is 324 g/mol. The van der Waals surface area contributed by atoms with Crippen LogP contribution in [-0.2, 0) is 4.74 Å². The summed E-state index contributed by atoms with van der Waals surface area (Å²) in [6.45, 7) is 11.4. The van der Waals surface area contributed by atoms with Gasteiger partial charge in [0, 0.05) is 17.7 Å². The maximum absolute atomic E-state index is 10.4. The van der Waals surface area contributed by atoms with Crippen molar-refractivity contribution in [2.75, 3.05) is 32.0 Å². The highest BCUT2D eigenvalue weighted by molar-refractivity contribution is 5.52. The summed E-state index contributed by atoms with van der Waals surface area (Å²) >= 11 is 0. The second kappa shape index (κ2) is 9.36. The summed E-state index contributed by atoms with van der Waals surface area (Å²) in [4.78, 5) is 0. The first kappa shape index (κ1) is 20.7. The first-order valence-corrected chi connectivity index (χ1v) is 9.67. The van der Waals surface area contributed by atoms with Gasteiger partial charge in [-0.15, -0.1) is 0 Å². The number of nitrogens with one attached hydrogen (secondary N) is 1. The van der Waals surface area contributed by atoms with Crippen LogP contribution in [0.1, 0.15) is 45.6 Å². The minimum absolute atomic E-state index is 0.0671. The number of aliphatic hydroxyl groups excluding tert-OH is 1. The minimum Gasteiger partial charge on any atom is -0.351 e. The third-order valence-electron chi connectivity index (χ3n) is 5.13. The SMILES string of the molecule is CC=CC(=CC)C[N+]1(C)CCC(OC(O)Nc2ccccc2C(C)C)C1. The molecule has 1 aliphatic heterocycles. The Hall–Kier alpha value is -1.62. The molecule has 144 valence electrons. The molecule has 1 aromatic rings. The Morgan fingerprint density at radius 1 is 1.35 bits per heavy atom. The molecule has 0 aliphatic carbocycles. The van der Waals surface area contributed by atoms with Gasteiger partial charge in [0.25, 0.3) is 0 Å². The van der Waals surface area contributed by atoms with Gasteiger partial charge in [0.1, 0.15) is 19.2 Å². The van der Waals surface area contributed by atoms with Crippen LogP contribution in [0.25, 0.3) is 0 Å². The standard InChI is InChI=1S/C22H35N2O2/c1-6-10-18(7-2)15-24(5)14-13-19(16-24)26-22(25)23-21-12-9-8-11-20(21)17(3)4/h6-12,17,19,22-23,25H,13-16H2,1-5H3/q+1. The number of para-hydroxylation sites is 1. The molecule has 4 nitrogen and oxygen atoms in total.